The molecule has 1 aliphatic rings. The van der Waals surface area contributed by atoms with E-state index in [2.05, 4.69) is 0 Å². The Labute approximate surface area is 83.9 Å². The second kappa shape index (κ2) is 3.59. The summed E-state index contributed by atoms with van der Waals surface area (Å²) >= 11 is 0. The molecular formula is C10H17NO3. The van der Waals surface area contributed by atoms with Crippen LogP contribution in [0.2, 0.25) is 0 Å². The van der Waals surface area contributed by atoms with Crippen LogP contribution in [0.15, 0.2) is 0 Å². The van der Waals surface area contributed by atoms with Crippen LogP contribution in [-0.2, 0) is 9.59 Å². The number of amides is 1. The van der Waals surface area contributed by atoms with Crippen LogP contribution in [0.25, 0.3) is 0 Å². The molecule has 0 aliphatic carbocycles. The Hall–Kier alpha value is -1.06. The molecule has 0 aromatic carbocycles. The molecule has 0 radical (unpaired) electrons. The van der Waals surface area contributed by atoms with Crippen LogP contribution in [0.4, 0.5) is 0 Å². The molecule has 80 valence electrons. The zero-order valence-corrected chi connectivity index (χ0v) is 8.91. The molecule has 1 atom stereocenters. The fourth-order valence-electron chi connectivity index (χ4n) is 2.32. The highest BCUT2D eigenvalue weighted by Crippen LogP contribution is 2.34. The van der Waals surface area contributed by atoms with Crippen molar-refractivity contribution in [3.8, 4) is 0 Å². The minimum atomic E-state index is -0.781. The molecule has 1 fully saturated rings. The van der Waals surface area contributed by atoms with Crippen molar-refractivity contribution in [1.82, 2.24) is 4.90 Å². The summed E-state index contributed by atoms with van der Waals surface area (Å²) < 4.78 is 0. The van der Waals surface area contributed by atoms with Gasteiger partial charge >= 0.3 is 5.97 Å². The largest absolute Gasteiger partial charge is 0.481 e. The normalized spacial score (nSPS) is 25.1. The highest BCUT2D eigenvalue weighted by molar-refractivity contribution is 5.75. The maximum Gasteiger partial charge on any atom is 0.303 e. The Morgan fingerprint density at radius 1 is 1.50 bits per heavy atom. The zero-order valence-electron chi connectivity index (χ0n) is 8.91. The first-order valence-corrected chi connectivity index (χ1v) is 4.83. The van der Waals surface area contributed by atoms with E-state index in [0.29, 0.717) is 6.54 Å². The van der Waals surface area contributed by atoms with Gasteiger partial charge in [-0.3, -0.25) is 9.59 Å². The summed E-state index contributed by atoms with van der Waals surface area (Å²) in [5, 5.41) is 8.67. The van der Waals surface area contributed by atoms with Crippen LogP contribution in [0, 0.1) is 5.92 Å². The maximum atomic E-state index is 11.3. The van der Waals surface area contributed by atoms with Gasteiger partial charge in [-0.15, -0.1) is 0 Å². The molecule has 0 aromatic heterocycles. The first-order chi connectivity index (χ1) is 6.33. The van der Waals surface area contributed by atoms with Crippen LogP contribution in [0.1, 0.15) is 33.6 Å². The van der Waals surface area contributed by atoms with Crippen molar-refractivity contribution in [3.05, 3.63) is 0 Å². The number of carboxylic acids is 1. The smallest absolute Gasteiger partial charge is 0.303 e. The number of nitrogens with zero attached hydrogens (tertiary/aromatic N) is 1. The third-order valence-electron chi connectivity index (χ3n) is 2.80. The van der Waals surface area contributed by atoms with Crippen LogP contribution in [0.5, 0.6) is 0 Å². The highest BCUT2D eigenvalue weighted by Gasteiger charge is 2.40. The van der Waals surface area contributed by atoms with Gasteiger partial charge in [-0.25, -0.2) is 0 Å². The van der Waals surface area contributed by atoms with E-state index < -0.39 is 5.97 Å². The fourth-order valence-corrected chi connectivity index (χ4v) is 2.32. The van der Waals surface area contributed by atoms with E-state index in [1.54, 1.807) is 4.90 Å². The van der Waals surface area contributed by atoms with Crippen molar-refractivity contribution in [1.29, 1.82) is 0 Å². The number of carboxylic acid groups (broad SMARTS) is 1. The van der Waals surface area contributed by atoms with Gasteiger partial charge < -0.3 is 10.0 Å². The summed E-state index contributed by atoms with van der Waals surface area (Å²) in [7, 11) is 0. The Bertz CT molecular complexity index is 260. The zero-order chi connectivity index (χ0) is 10.9. The average Bonchev–Trinajstić information content (AvgIpc) is 2.23. The van der Waals surface area contributed by atoms with E-state index in [9.17, 15) is 9.59 Å². The third-order valence-corrected chi connectivity index (χ3v) is 2.80. The second-order valence-corrected chi connectivity index (χ2v) is 4.61. The van der Waals surface area contributed by atoms with E-state index >= 15 is 0 Å². The number of likely N-dealkylation sites (tertiary alicyclic amines) is 1. The number of aliphatic carboxylic acids is 1. The van der Waals surface area contributed by atoms with Gasteiger partial charge in [-0.1, -0.05) is 0 Å². The number of carbonyl (C=O) groups excluding carboxylic acids is 1. The van der Waals surface area contributed by atoms with E-state index in [4.69, 9.17) is 5.11 Å². The molecule has 0 bridgehead atoms. The SMILES string of the molecule is CC(=O)N1CC(CC(=O)O)CC1(C)C. The molecule has 14 heavy (non-hydrogen) atoms. The van der Waals surface area contributed by atoms with E-state index in [1.807, 2.05) is 13.8 Å². The minimum Gasteiger partial charge on any atom is -0.481 e. The van der Waals surface area contributed by atoms with Crippen molar-refractivity contribution in [3.63, 3.8) is 0 Å². The van der Waals surface area contributed by atoms with Crippen LogP contribution >= 0.6 is 0 Å². The highest BCUT2D eigenvalue weighted by atomic mass is 16.4. The predicted molar refractivity (Wildman–Crippen MR) is 51.8 cm³/mol. The van der Waals surface area contributed by atoms with Crippen molar-refractivity contribution in [2.75, 3.05) is 6.54 Å². The number of hydrogen-bond donors (Lipinski definition) is 1. The maximum absolute atomic E-state index is 11.3. The molecule has 1 saturated heterocycles. The van der Waals surface area contributed by atoms with Gasteiger partial charge in [0.2, 0.25) is 5.91 Å². The lowest BCUT2D eigenvalue weighted by Gasteiger charge is -2.30. The molecule has 1 N–H and O–H groups in total. The summed E-state index contributed by atoms with van der Waals surface area (Å²) in [5.41, 5.74) is -0.189. The Balaban J connectivity index is 2.66. The summed E-state index contributed by atoms with van der Waals surface area (Å²) in [5.74, 6) is -0.648. The van der Waals surface area contributed by atoms with Crippen molar-refractivity contribution < 1.29 is 14.7 Å². The van der Waals surface area contributed by atoms with Gasteiger partial charge in [-0.05, 0) is 26.2 Å². The number of rotatable bonds is 2. The number of hydrogen-bond acceptors (Lipinski definition) is 2. The van der Waals surface area contributed by atoms with Gasteiger partial charge in [0.1, 0.15) is 0 Å². The standard InChI is InChI=1S/C10H17NO3/c1-7(12)11-6-8(4-9(13)14)5-10(11,2)3/h8H,4-6H2,1-3H3,(H,13,14). The average molecular weight is 199 g/mol. The Morgan fingerprint density at radius 2 is 2.07 bits per heavy atom. The lowest BCUT2D eigenvalue weighted by molar-refractivity contribution is -0.138. The van der Waals surface area contributed by atoms with Crippen molar-refractivity contribution in [2.45, 2.75) is 39.2 Å². The van der Waals surface area contributed by atoms with Crippen molar-refractivity contribution >= 4 is 11.9 Å². The van der Waals surface area contributed by atoms with Crippen LogP contribution in [0.3, 0.4) is 0 Å². The first kappa shape index (κ1) is 11.0. The molecule has 1 heterocycles. The molecule has 1 unspecified atom stereocenters. The summed E-state index contributed by atoms with van der Waals surface area (Å²) in [6.45, 7) is 6.08. The van der Waals surface area contributed by atoms with Gasteiger partial charge in [-0.2, -0.15) is 0 Å². The van der Waals surface area contributed by atoms with Crippen LogP contribution in [-0.4, -0.2) is 34.0 Å². The first-order valence-electron chi connectivity index (χ1n) is 4.83. The monoisotopic (exact) mass is 199 g/mol. The van der Waals surface area contributed by atoms with Crippen molar-refractivity contribution in [2.24, 2.45) is 5.92 Å². The Kier molecular flexibility index (Phi) is 2.83. The second-order valence-electron chi connectivity index (χ2n) is 4.61. The van der Waals surface area contributed by atoms with Gasteiger partial charge in [0, 0.05) is 25.4 Å². The fraction of sp³-hybridized carbons (Fsp3) is 0.800. The minimum absolute atomic E-state index is 0.0305. The molecule has 0 saturated carbocycles. The van der Waals surface area contributed by atoms with E-state index in [-0.39, 0.29) is 23.8 Å². The molecule has 0 aromatic rings. The number of carbonyl (C=O) groups is 2. The molecule has 0 spiro atoms. The van der Waals surface area contributed by atoms with E-state index in [0.717, 1.165) is 6.42 Å². The molecular weight excluding hydrogens is 182 g/mol. The molecule has 1 aliphatic heterocycles. The van der Waals surface area contributed by atoms with Gasteiger partial charge in [0.15, 0.2) is 0 Å². The topological polar surface area (TPSA) is 57.6 Å². The molecule has 4 heteroatoms. The summed E-state index contributed by atoms with van der Waals surface area (Å²) in [6.07, 6.45) is 0.937. The van der Waals surface area contributed by atoms with Gasteiger partial charge in [0.25, 0.3) is 0 Å². The molecule has 1 amide bonds. The predicted octanol–water partition coefficient (Wildman–Crippen LogP) is 1.11. The summed E-state index contributed by atoms with van der Waals surface area (Å²) in [4.78, 5) is 23.6. The lowest BCUT2D eigenvalue weighted by Crippen LogP contribution is -2.41. The third kappa shape index (κ3) is 2.25. The quantitative estimate of drug-likeness (QED) is 0.724. The summed E-state index contributed by atoms with van der Waals surface area (Å²) in [6, 6.07) is 0. The van der Waals surface area contributed by atoms with Gasteiger partial charge in [0.05, 0.1) is 0 Å². The lowest BCUT2D eigenvalue weighted by atomic mass is 9.94. The molecule has 1 rings (SSSR count). The van der Waals surface area contributed by atoms with E-state index in [1.165, 1.54) is 6.92 Å². The molecule has 4 nitrogen and oxygen atoms in total. The Morgan fingerprint density at radius 3 is 2.43 bits per heavy atom. The van der Waals surface area contributed by atoms with Crippen LogP contribution < -0.4 is 0 Å².